The smallest absolute Gasteiger partial charge is 0.257 e. The third-order valence-electron chi connectivity index (χ3n) is 6.12. The molecule has 2 atom stereocenters. The Labute approximate surface area is 191 Å². The van der Waals surface area contributed by atoms with Crippen LogP contribution >= 0.6 is 11.8 Å². The van der Waals surface area contributed by atoms with Crippen molar-refractivity contribution in [3.8, 4) is 11.5 Å². The molecule has 0 saturated carbocycles. The van der Waals surface area contributed by atoms with Gasteiger partial charge in [0, 0.05) is 28.9 Å². The van der Waals surface area contributed by atoms with E-state index in [4.69, 9.17) is 9.72 Å². The van der Waals surface area contributed by atoms with E-state index in [2.05, 4.69) is 38.0 Å². The van der Waals surface area contributed by atoms with Gasteiger partial charge in [0.1, 0.15) is 5.82 Å². The third kappa shape index (κ3) is 4.03. The molecule has 0 radical (unpaired) electrons. The fourth-order valence-electron chi connectivity index (χ4n) is 4.44. The third-order valence-corrected chi connectivity index (χ3v) is 7.28. The molecule has 2 aromatic rings. The summed E-state index contributed by atoms with van der Waals surface area (Å²) >= 11 is 1.52. The van der Waals surface area contributed by atoms with Gasteiger partial charge in [-0.1, -0.05) is 45.5 Å². The van der Waals surface area contributed by atoms with Crippen molar-refractivity contribution in [2.75, 3.05) is 12.4 Å². The van der Waals surface area contributed by atoms with Crippen LogP contribution in [0.5, 0.6) is 11.5 Å². The zero-order valence-corrected chi connectivity index (χ0v) is 19.9. The maximum Gasteiger partial charge on any atom is 0.257 e. The number of thioether (sulfide) groups is 1. The number of carbonyl (C=O) groups is 1. The van der Waals surface area contributed by atoms with Crippen molar-refractivity contribution in [2.45, 2.75) is 63.3 Å². The number of fused-ring (bicyclic) bond motifs is 1. The Morgan fingerprint density at radius 2 is 2.06 bits per heavy atom. The Hall–Kier alpha value is -2.74. The SMILES string of the molecule is CCC(C)Sc1nc2c(c(=O)[nH]1)C(c1ccc(OC)c(O)c1)C1=C(CC(C)(C)CC1=O)N2. The number of phenolic OH excluding ortho intramolecular Hbond substituents is 1. The standard InChI is InChI=1S/C24H29N3O4S/c1-6-12(2)32-23-26-21-20(22(30)27-23)18(13-7-8-17(31-5)15(28)9-13)19-14(25-21)10-24(3,4)11-16(19)29/h7-9,12,18,28H,6,10-11H2,1-5H3,(H2,25,26,27,30). The van der Waals surface area contributed by atoms with Gasteiger partial charge >= 0.3 is 0 Å². The minimum atomic E-state index is -0.611. The molecule has 1 aliphatic heterocycles. The number of aromatic nitrogens is 2. The molecule has 3 N–H and O–H groups in total. The summed E-state index contributed by atoms with van der Waals surface area (Å²) < 4.78 is 5.17. The molecular weight excluding hydrogens is 426 g/mol. The van der Waals surface area contributed by atoms with Gasteiger partial charge in [-0.15, -0.1) is 0 Å². The molecule has 2 heterocycles. The molecule has 0 amide bonds. The van der Waals surface area contributed by atoms with E-state index < -0.39 is 5.92 Å². The molecule has 0 fully saturated rings. The number of aromatic amines is 1. The lowest BCUT2D eigenvalue weighted by atomic mass is 9.69. The zero-order valence-electron chi connectivity index (χ0n) is 19.0. The van der Waals surface area contributed by atoms with Gasteiger partial charge < -0.3 is 20.1 Å². The van der Waals surface area contributed by atoms with Crippen molar-refractivity contribution >= 4 is 23.4 Å². The summed E-state index contributed by atoms with van der Waals surface area (Å²) in [5, 5.41) is 14.6. The minimum absolute atomic E-state index is 0.00663. The van der Waals surface area contributed by atoms with E-state index in [-0.39, 0.29) is 22.5 Å². The molecule has 4 rings (SSSR count). The highest BCUT2D eigenvalue weighted by molar-refractivity contribution is 7.99. The maximum atomic E-state index is 13.3. The van der Waals surface area contributed by atoms with E-state index in [0.717, 1.165) is 12.1 Å². The number of carbonyl (C=O) groups excluding carboxylic acids is 1. The summed E-state index contributed by atoms with van der Waals surface area (Å²) in [5.74, 6) is 0.168. The second-order valence-electron chi connectivity index (χ2n) is 9.29. The van der Waals surface area contributed by atoms with Crippen molar-refractivity contribution < 1.29 is 14.6 Å². The first-order valence-electron chi connectivity index (χ1n) is 10.8. The normalized spacial score (nSPS) is 20.3. The number of anilines is 1. The van der Waals surface area contributed by atoms with Crippen LogP contribution < -0.4 is 15.6 Å². The highest BCUT2D eigenvalue weighted by Crippen LogP contribution is 2.48. The quantitative estimate of drug-likeness (QED) is 0.448. The van der Waals surface area contributed by atoms with Crippen LogP contribution in [0, 0.1) is 5.41 Å². The van der Waals surface area contributed by atoms with Crippen LogP contribution in [0.2, 0.25) is 0 Å². The summed E-state index contributed by atoms with van der Waals surface area (Å²) in [6, 6.07) is 5.01. The van der Waals surface area contributed by atoms with Crippen molar-refractivity contribution in [1.82, 2.24) is 9.97 Å². The molecule has 1 aromatic carbocycles. The summed E-state index contributed by atoms with van der Waals surface area (Å²) in [5.41, 5.74) is 1.96. The maximum absolute atomic E-state index is 13.3. The number of Topliss-reactive ketones (excluding diaryl/α,β-unsaturated/α-hetero) is 1. The van der Waals surface area contributed by atoms with Gasteiger partial charge in [-0.05, 0) is 36.0 Å². The van der Waals surface area contributed by atoms with Crippen molar-refractivity contribution in [2.24, 2.45) is 5.41 Å². The van der Waals surface area contributed by atoms with Crippen LogP contribution in [-0.4, -0.2) is 33.2 Å². The number of hydrogen-bond acceptors (Lipinski definition) is 7. The molecule has 8 heteroatoms. The lowest BCUT2D eigenvalue weighted by Gasteiger charge is -2.38. The van der Waals surface area contributed by atoms with Gasteiger partial charge in [0.05, 0.1) is 12.7 Å². The van der Waals surface area contributed by atoms with Gasteiger partial charge in [0.2, 0.25) is 0 Å². The molecule has 1 aliphatic carbocycles. The van der Waals surface area contributed by atoms with E-state index in [1.54, 1.807) is 18.2 Å². The summed E-state index contributed by atoms with van der Waals surface area (Å²) in [6.07, 6.45) is 2.02. The Bertz CT molecular complexity index is 1170. The van der Waals surface area contributed by atoms with Crippen molar-refractivity contribution in [3.05, 3.63) is 50.9 Å². The number of nitrogens with one attached hydrogen (secondary N) is 2. The van der Waals surface area contributed by atoms with Gasteiger partial charge in [-0.3, -0.25) is 9.59 Å². The van der Waals surface area contributed by atoms with Crippen molar-refractivity contribution in [1.29, 1.82) is 0 Å². The number of ether oxygens (including phenoxy) is 1. The molecule has 7 nitrogen and oxygen atoms in total. The zero-order chi connectivity index (χ0) is 23.2. The number of phenols is 1. The monoisotopic (exact) mass is 455 g/mol. The van der Waals surface area contributed by atoms with Crippen LogP contribution in [0.4, 0.5) is 5.82 Å². The Balaban J connectivity index is 1.91. The lowest BCUT2D eigenvalue weighted by Crippen LogP contribution is -2.37. The summed E-state index contributed by atoms with van der Waals surface area (Å²) in [7, 11) is 1.48. The molecule has 1 aromatic heterocycles. The molecule has 2 aliphatic rings. The van der Waals surface area contributed by atoms with Gasteiger partial charge in [0.15, 0.2) is 22.4 Å². The predicted molar refractivity (Wildman–Crippen MR) is 126 cm³/mol. The Morgan fingerprint density at radius 1 is 1.31 bits per heavy atom. The topological polar surface area (TPSA) is 104 Å². The molecule has 32 heavy (non-hydrogen) atoms. The molecule has 0 spiro atoms. The predicted octanol–water partition coefficient (Wildman–Crippen LogP) is 4.58. The average molecular weight is 456 g/mol. The number of allylic oxidation sites excluding steroid dienone is 2. The molecule has 0 saturated heterocycles. The van der Waals surface area contributed by atoms with E-state index in [9.17, 15) is 14.7 Å². The number of rotatable bonds is 5. The van der Waals surface area contributed by atoms with Gasteiger partial charge in [-0.2, -0.15) is 0 Å². The Morgan fingerprint density at radius 3 is 2.72 bits per heavy atom. The van der Waals surface area contributed by atoms with Gasteiger partial charge in [-0.25, -0.2) is 4.98 Å². The fourth-order valence-corrected chi connectivity index (χ4v) is 5.29. The largest absolute Gasteiger partial charge is 0.504 e. The average Bonchev–Trinajstić information content (AvgIpc) is 2.71. The summed E-state index contributed by atoms with van der Waals surface area (Å²) in [4.78, 5) is 34.2. The van der Waals surface area contributed by atoms with E-state index in [0.29, 0.717) is 51.5 Å². The molecule has 2 unspecified atom stereocenters. The number of hydrogen-bond donors (Lipinski definition) is 3. The number of aromatic hydroxyl groups is 1. The van der Waals surface area contributed by atoms with Crippen LogP contribution in [0.25, 0.3) is 0 Å². The molecule has 0 bridgehead atoms. The minimum Gasteiger partial charge on any atom is -0.504 e. The first-order chi connectivity index (χ1) is 15.1. The highest BCUT2D eigenvalue weighted by Gasteiger charge is 2.42. The lowest BCUT2D eigenvalue weighted by molar-refractivity contribution is -0.118. The second-order valence-corrected chi connectivity index (χ2v) is 10.7. The first-order valence-corrected chi connectivity index (χ1v) is 11.7. The van der Waals surface area contributed by atoms with E-state index >= 15 is 0 Å². The van der Waals surface area contributed by atoms with Crippen LogP contribution in [-0.2, 0) is 4.79 Å². The highest BCUT2D eigenvalue weighted by atomic mass is 32.2. The van der Waals surface area contributed by atoms with E-state index in [1.165, 1.54) is 18.9 Å². The van der Waals surface area contributed by atoms with Crippen LogP contribution in [0.15, 0.2) is 39.4 Å². The number of ketones is 1. The number of H-pyrrole nitrogens is 1. The Kier molecular flexibility index (Phi) is 5.83. The number of methoxy groups -OCH3 is 1. The second kappa shape index (κ2) is 8.31. The first kappa shape index (κ1) is 22.5. The number of nitrogens with zero attached hydrogens (tertiary/aromatic N) is 1. The van der Waals surface area contributed by atoms with Crippen LogP contribution in [0.1, 0.15) is 64.0 Å². The van der Waals surface area contributed by atoms with E-state index in [1.807, 2.05) is 0 Å². The summed E-state index contributed by atoms with van der Waals surface area (Å²) in [6.45, 7) is 8.31. The van der Waals surface area contributed by atoms with Gasteiger partial charge in [0.25, 0.3) is 5.56 Å². The number of benzene rings is 1. The molecular formula is C24H29N3O4S. The fraction of sp³-hybridized carbons (Fsp3) is 0.458. The van der Waals surface area contributed by atoms with Crippen LogP contribution in [0.3, 0.4) is 0 Å². The molecule has 170 valence electrons. The van der Waals surface area contributed by atoms with Crippen molar-refractivity contribution in [3.63, 3.8) is 0 Å².